The topological polar surface area (TPSA) is 90.9 Å². The first kappa shape index (κ1) is 20.3. The van der Waals surface area contributed by atoms with E-state index in [0.717, 1.165) is 25.5 Å². The van der Waals surface area contributed by atoms with Gasteiger partial charge in [0, 0.05) is 20.0 Å². The molecule has 1 aliphatic heterocycles. The predicted molar refractivity (Wildman–Crippen MR) is 99.5 cm³/mol. The lowest BCUT2D eigenvalue weighted by Crippen LogP contribution is -2.63. The Bertz CT molecular complexity index is 753. The van der Waals surface area contributed by atoms with E-state index >= 15 is 0 Å². The molecule has 1 saturated heterocycles. The van der Waals surface area contributed by atoms with Crippen LogP contribution in [0, 0.1) is 5.92 Å². The Balaban J connectivity index is 1.90. The molecule has 0 radical (unpaired) electrons. The van der Waals surface area contributed by atoms with Crippen LogP contribution in [-0.4, -0.2) is 52.2 Å². The first-order valence-corrected chi connectivity index (χ1v) is 11.0. The van der Waals surface area contributed by atoms with Gasteiger partial charge in [-0.25, -0.2) is 0 Å². The van der Waals surface area contributed by atoms with E-state index in [1.807, 2.05) is 18.2 Å². The van der Waals surface area contributed by atoms with E-state index < -0.39 is 28.6 Å². The van der Waals surface area contributed by atoms with Crippen molar-refractivity contribution in [2.75, 3.05) is 13.4 Å². The molecule has 0 spiro atoms. The Hall–Kier alpha value is -1.48. The molecule has 7 nitrogen and oxygen atoms in total. The third kappa shape index (κ3) is 4.87. The summed E-state index contributed by atoms with van der Waals surface area (Å²) in [5, 5.41) is 2.76. The van der Waals surface area contributed by atoms with Gasteiger partial charge < -0.3 is 14.8 Å². The van der Waals surface area contributed by atoms with Gasteiger partial charge in [0.1, 0.15) is 12.1 Å². The van der Waals surface area contributed by atoms with E-state index in [0.29, 0.717) is 5.92 Å². The van der Waals surface area contributed by atoms with Crippen molar-refractivity contribution in [3.05, 3.63) is 35.9 Å². The summed E-state index contributed by atoms with van der Waals surface area (Å²) in [6.07, 6.45) is 1.81. The van der Waals surface area contributed by atoms with Crippen LogP contribution in [0.2, 0.25) is 0 Å². The molecule has 0 unspecified atom stereocenters. The summed E-state index contributed by atoms with van der Waals surface area (Å²) in [6, 6.07) is 9.46. The first-order valence-electron chi connectivity index (χ1n) is 9.17. The second-order valence-corrected chi connectivity index (χ2v) is 8.96. The predicted octanol–water partition coefficient (Wildman–Crippen LogP) is 1.79. The monoisotopic (exact) mass is 397 g/mol. The van der Waals surface area contributed by atoms with E-state index in [4.69, 9.17) is 13.7 Å². The lowest BCUT2D eigenvalue weighted by Gasteiger charge is -2.49. The van der Waals surface area contributed by atoms with Crippen molar-refractivity contribution in [2.45, 2.75) is 56.6 Å². The molecule has 1 amide bonds. The Morgan fingerprint density at radius 2 is 1.93 bits per heavy atom. The molecule has 1 aromatic rings. The van der Waals surface area contributed by atoms with Gasteiger partial charge in [0.25, 0.3) is 10.1 Å². The summed E-state index contributed by atoms with van der Waals surface area (Å²) in [5.41, 5.74) is 1.22. The average molecular weight is 397 g/mol. The highest BCUT2D eigenvalue weighted by Gasteiger charge is 2.50. The molecule has 27 heavy (non-hydrogen) atoms. The highest BCUT2D eigenvalue weighted by atomic mass is 32.2. The van der Waals surface area contributed by atoms with Crippen LogP contribution in [0.1, 0.15) is 37.7 Å². The molecule has 1 aliphatic carbocycles. The third-order valence-corrected chi connectivity index (χ3v) is 5.94. The van der Waals surface area contributed by atoms with Crippen molar-refractivity contribution in [3.8, 4) is 0 Å². The second kappa shape index (κ2) is 8.26. The van der Waals surface area contributed by atoms with Crippen LogP contribution in [0.3, 0.4) is 0 Å². The first-order chi connectivity index (χ1) is 12.8. The standard InChI is InChI=1S/C19H27NO6S/c1-12(21)20-17-18(26-27(3,22)23)15-11-14(13-7-5-4-6-8-13)9-10-16(15)25-19(17)24-2/h4-8,14-19H,9-11H2,1-3H3,(H,20,21)/t14-,15-,16+,17+,18-,19+/m0/s1. The maximum Gasteiger partial charge on any atom is 0.264 e. The fraction of sp³-hybridized carbons (Fsp3) is 0.632. The van der Waals surface area contributed by atoms with Crippen LogP contribution in [0.4, 0.5) is 0 Å². The number of benzene rings is 1. The van der Waals surface area contributed by atoms with Crippen molar-refractivity contribution < 1.29 is 26.9 Å². The molecular weight excluding hydrogens is 370 g/mol. The molecule has 2 fully saturated rings. The maximum absolute atomic E-state index is 11.9. The summed E-state index contributed by atoms with van der Waals surface area (Å²) in [4.78, 5) is 11.7. The largest absolute Gasteiger partial charge is 0.354 e. The average Bonchev–Trinajstić information content (AvgIpc) is 2.62. The third-order valence-electron chi connectivity index (χ3n) is 5.37. The molecule has 8 heteroatoms. The minimum Gasteiger partial charge on any atom is -0.354 e. The minimum absolute atomic E-state index is 0.165. The molecule has 0 bridgehead atoms. The zero-order valence-electron chi connectivity index (χ0n) is 15.8. The van der Waals surface area contributed by atoms with Crippen LogP contribution in [0.15, 0.2) is 30.3 Å². The van der Waals surface area contributed by atoms with Gasteiger partial charge in [-0.1, -0.05) is 30.3 Å². The number of carbonyl (C=O) groups is 1. The van der Waals surface area contributed by atoms with Crippen molar-refractivity contribution in [3.63, 3.8) is 0 Å². The van der Waals surface area contributed by atoms with E-state index in [1.165, 1.54) is 19.6 Å². The van der Waals surface area contributed by atoms with E-state index in [-0.39, 0.29) is 17.9 Å². The Morgan fingerprint density at radius 3 is 2.52 bits per heavy atom. The summed E-state index contributed by atoms with van der Waals surface area (Å²) in [6.45, 7) is 1.38. The smallest absolute Gasteiger partial charge is 0.264 e. The normalized spacial score (nSPS) is 33.9. The number of nitrogens with one attached hydrogen (secondary N) is 1. The highest BCUT2D eigenvalue weighted by molar-refractivity contribution is 7.86. The summed E-state index contributed by atoms with van der Waals surface area (Å²) in [7, 11) is -2.24. The highest BCUT2D eigenvalue weighted by Crippen LogP contribution is 2.44. The van der Waals surface area contributed by atoms with Crippen molar-refractivity contribution in [1.82, 2.24) is 5.32 Å². The van der Waals surface area contributed by atoms with Crippen LogP contribution in [-0.2, 0) is 28.6 Å². The zero-order chi connectivity index (χ0) is 19.6. The molecular formula is C19H27NO6S. The van der Waals surface area contributed by atoms with Gasteiger partial charge in [0.2, 0.25) is 5.91 Å². The number of fused-ring (bicyclic) bond motifs is 1. The molecule has 150 valence electrons. The van der Waals surface area contributed by atoms with Gasteiger partial charge in [-0.05, 0) is 30.7 Å². The van der Waals surface area contributed by atoms with Gasteiger partial charge in [-0.2, -0.15) is 8.42 Å². The van der Waals surface area contributed by atoms with Crippen molar-refractivity contribution in [1.29, 1.82) is 0 Å². The van der Waals surface area contributed by atoms with Gasteiger partial charge in [0.15, 0.2) is 6.29 Å². The fourth-order valence-electron chi connectivity index (χ4n) is 4.32. The summed E-state index contributed by atoms with van der Waals surface area (Å²) < 4.78 is 40.8. The second-order valence-electron chi connectivity index (χ2n) is 7.35. The zero-order valence-corrected chi connectivity index (χ0v) is 16.6. The Kier molecular flexibility index (Phi) is 6.20. The number of hydrogen-bond acceptors (Lipinski definition) is 6. The Labute approximate surface area is 160 Å². The van der Waals surface area contributed by atoms with Crippen molar-refractivity contribution >= 4 is 16.0 Å². The summed E-state index contributed by atoms with van der Waals surface area (Å²) in [5.74, 6) is -0.165. The lowest BCUT2D eigenvalue weighted by molar-refractivity contribution is -0.245. The fourth-order valence-corrected chi connectivity index (χ4v) is 4.98. The number of ether oxygens (including phenoxy) is 2. The van der Waals surface area contributed by atoms with Crippen LogP contribution in [0.25, 0.3) is 0 Å². The van der Waals surface area contributed by atoms with Gasteiger partial charge in [0.05, 0.1) is 12.4 Å². The number of hydrogen-bond donors (Lipinski definition) is 1. The van der Waals surface area contributed by atoms with Gasteiger partial charge in [-0.3, -0.25) is 8.98 Å². The van der Waals surface area contributed by atoms with E-state index in [1.54, 1.807) is 0 Å². The minimum atomic E-state index is -3.72. The van der Waals surface area contributed by atoms with Crippen LogP contribution >= 0.6 is 0 Å². The molecule has 1 aromatic carbocycles. The van der Waals surface area contributed by atoms with Crippen LogP contribution < -0.4 is 5.32 Å². The number of amides is 1. The molecule has 2 aliphatic rings. The SMILES string of the molecule is CO[C@@H]1O[C@@H]2CC[C@H](c3ccccc3)C[C@@H]2[C@H](OS(C)(=O)=O)[C@H]1NC(C)=O. The molecule has 1 saturated carbocycles. The number of rotatable bonds is 5. The van der Waals surface area contributed by atoms with Crippen LogP contribution in [0.5, 0.6) is 0 Å². The molecule has 3 rings (SSSR count). The Morgan fingerprint density at radius 1 is 1.22 bits per heavy atom. The molecule has 0 aromatic heterocycles. The van der Waals surface area contributed by atoms with E-state index in [9.17, 15) is 13.2 Å². The van der Waals surface area contributed by atoms with Gasteiger partial charge >= 0.3 is 0 Å². The molecule has 1 heterocycles. The summed E-state index contributed by atoms with van der Waals surface area (Å²) >= 11 is 0. The van der Waals surface area contributed by atoms with Crippen molar-refractivity contribution in [2.24, 2.45) is 5.92 Å². The molecule has 6 atom stereocenters. The molecule has 1 N–H and O–H groups in total. The van der Waals surface area contributed by atoms with E-state index in [2.05, 4.69) is 17.4 Å². The quantitative estimate of drug-likeness (QED) is 0.762. The maximum atomic E-state index is 11.9. The number of carbonyl (C=O) groups excluding carboxylic acids is 1. The lowest BCUT2D eigenvalue weighted by atomic mass is 9.71. The van der Waals surface area contributed by atoms with Gasteiger partial charge in [-0.15, -0.1) is 0 Å². The number of methoxy groups -OCH3 is 1.